The summed E-state index contributed by atoms with van der Waals surface area (Å²) in [6.07, 6.45) is 4.33. The number of aryl methyl sites for hydroxylation is 1. The molecule has 4 heterocycles. The van der Waals surface area contributed by atoms with Crippen molar-refractivity contribution >= 4 is 17.2 Å². The lowest BCUT2D eigenvalue weighted by molar-refractivity contribution is -0.133. The number of rotatable bonds is 4. The number of aromatic nitrogens is 1. The molecule has 0 aromatic carbocycles. The second-order valence-corrected chi connectivity index (χ2v) is 7.57. The Morgan fingerprint density at radius 2 is 2.17 bits per heavy atom. The summed E-state index contributed by atoms with van der Waals surface area (Å²) >= 11 is 1.71. The lowest BCUT2D eigenvalue weighted by Gasteiger charge is -2.28. The Hall–Kier alpha value is -1.66. The predicted octanol–water partition coefficient (Wildman–Crippen LogP) is 3.55. The number of nitrogens with zero attached hydrogens (tertiary/aromatic N) is 3. The fraction of sp³-hybridized carbons (Fsp3) is 0.556. The molecule has 0 N–H and O–H groups in total. The normalized spacial score (nSPS) is 24.8. The van der Waals surface area contributed by atoms with E-state index < -0.39 is 0 Å². The molecule has 5 nitrogen and oxygen atoms in total. The Morgan fingerprint density at radius 1 is 1.33 bits per heavy atom. The van der Waals surface area contributed by atoms with Crippen LogP contribution in [0.2, 0.25) is 0 Å². The van der Waals surface area contributed by atoms with Crippen LogP contribution < -0.4 is 0 Å². The van der Waals surface area contributed by atoms with E-state index >= 15 is 0 Å². The topological polar surface area (TPSA) is 49.6 Å². The zero-order valence-corrected chi connectivity index (χ0v) is 14.8. The maximum atomic E-state index is 12.9. The third-order valence-corrected chi connectivity index (χ3v) is 5.89. The first-order valence-electron chi connectivity index (χ1n) is 8.71. The minimum absolute atomic E-state index is 0.216. The second-order valence-electron chi connectivity index (χ2n) is 6.79. The van der Waals surface area contributed by atoms with Crippen molar-refractivity contribution in [3.63, 3.8) is 0 Å². The zero-order chi connectivity index (χ0) is 16.5. The fourth-order valence-corrected chi connectivity index (χ4v) is 4.74. The van der Waals surface area contributed by atoms with E-state index in [1.807, 2.05) is 13.0 Å². The highest BCUT2D eigenvalue weighted by molar-refractivity contribution is 7.07. The summed E-state index contributed by atoms with van der Waals surface area (Å²) in [7, 11) is 0. The van der Waals surface area contributed by atoms with Gasteiger partial charge in [0.15, 0.2) is 0 Å². The fourth-order valence-electron chi connectivity index (χ4n) is 4.03. The molecular weight excluding hydrogens is 322 g/mol. The summed E-state index contributed by atoms with van der Waals surface area (Å²) in [5.74, 6) is 1.08. The van der Waals surface area contributed by atoms with Crippen LogP contribution in [0.1, 0.15) is 54.8 Å². The van der Waals surface area contributed by atoms with Crippen LogP contribution in [-0.4, -0.2) is 40.5 Å². The molecule has 2 atom stereocenters. The smallest absolute Gasteiger partial charge is 0.237 e. The monoisotopic (exact) mass is 345 g/mol. The van der Waals surface area contributed by atoms with Crippen LogP contribution in [0, 0.1) is 6.92 Å². The van der Waals surface area contributed by atoms with Crippen LogP contribution in [0.4, 0.5) is 0 Å². The van der Waals surface area contributed by atoms with E-state index in [0.29, 0.717) is 6.54 Å². The van der Waals surface area contributed by atoms with E-state index in [0.717, 1.165) is 50.2 Å². The molecule has 2 aromatic rings. The molecule has 2 aliphatic rings. The summed E-state index contributed by atoms with van der Waals surface area (Å²) in [6, 6.07) is 4.63. The number of carbonyl (C=O) groups excluding carboxylic acids is 1. The number of hydrogen-bond acceptors (Lipinski definition) is 5. The molecule has 24 heavy (non-hydrogen) atoms. The van der Waals surface area contributed by atoms with Gasteiger partial charge in [0, 0.05) is 12.6 Å². The summed E-state index contributed by atoms with van der Waals surface area (Å²) in [5.41, 5.74) is 2.25. The Morgan fingerprint density at radius 3 is 2.92 bits per heavy atom. The Labute approximate surface area is 146 Å². The third kappa shape index (κ3) is 3.00. The van der Waals surface area contributed by atoms with Crippen LogP contribution in [-0.2, 0) is 4.79 Å². The SMILES string of the molecule is Cc1cc([C@H]2CCCN2CC(=O)N2CCC[C@@H]2c2ccsc2)no1. The van der Waals surface area contributed by atoms with Gasteiger partial charge in [-0.1, -0.05) is 5.16 Å². The van der Waals surface area contributed by atoms with Gasteiger partial charge in [-0.15, -0.1) is 0 Å². The first-order valence-corrected chi connectivity index (χ1v) is 9.65. The molecule has 6 heteroatoms. The average Bonchev–Trinajstić information content (AvgIpc) is 3.34. The van der Waals surface area contributed by atoms with Crippen molar-refractivity contribution in [3.05, 3.63) is 39.9 Å². The van der Waals surface area contributed by atoms with E-state index in [4.69, 9.17) is 4.52 Å². The van der Waals surface area contributed by atoms with Crippen molar-refractivity contribution < 1.29 is 9.32 Å². The molecule has 0 saturated carbocycles. The van der Waals surface area contributed by atoms with Crippen molar-refractivity contribution in [2.24, 2.45) is 0 Å². The molecule has 0 bridgehead atoms. The maximum absolute atomic E-state index is 12.9. The van der Waals surface area contributed by atoms with Crippen molar-refractivity contribution in [1.82, 2.24) is 15.0 Å². The molecule has 0 radical (unpaired) electrons. The molecule has 2 saturated heterocycles. The first-order chi connectivity index (χ1) is 11.7. The van der Waals surface area contributed by atoms with E-state index in [9.17, 15) is 4.79 Å². The lowest BCUT2D eigenvalue weighted by atomic mass is 10.1. The summed E-state index contributed by atoms with van der Waals surface area (Å²) < 4.78 is 5.23. The highest BCUT2D eigenvalue weighted by Crippen LogP contribution is 2.35. The molecule has 2 aromatic heterocycles. The van der Waals surface area contributed by atoms with Gasteiger partial charge in [-0.3, -0.25) is 9.69 Å². The number of hydrogen-bond donors (Lipinski definition) is 0. The van der Waals surface area contributed by atoms with Crippen LogP contribution >= 0.6 is 11.3 Å². The number of carbonyl (C=O) groups is 1. The highest BCUT2D eigenvalue weighted by Gasteiger charge is 2.34. The Bertz CT molecular complexity index is 697. The quantitative estimate of drug-likeness (QED) is 0.850. The zero-order valence-electron chi connectivity index (χ0n) is 14.0. The molecule has 1 amide bonds. The predicted molar refractivity (Wildman–Crippen MR) is 92.8 cm³/mol. The number of likely N-dealkylation sites (tertiary alicyclic amines) is 2. The van der Waals surface area contributed by atoms with Crippen LogP contribution in [0.25, 0.3) is 0 Å². The van der Waals surface area contributed by atoms with Crippen LogP contribution in [0.15, 0.2) is 27.4 Å². The van der Waals surface area contributed by atoms with Gasteiger partial charge in [0.25, 0.3) is 0 Å². The molecule has 0 unspecified atom stereocenters. The van der Waals surface area contributed by atoms with E-state index in [2.05, 4.69) is 31.8 Å². The van der Waals surface area contributed by atoms with Gasteiger partial charge in [-0.25, -0.2) is 0 Å². The standard InChI is InChI=1S/C18H23N3O2S/c1-13-10-15(19-23-13)17-5-2-7-20(17)11-18(22)21-8-3-4-16(21)14-6-9-24-12-14/h6,9-10,12,16-17H,2-5,7-8,11H2,1H3/t16-,17-/m1/s1. The number of amides is 1. The lowest BCUT2D eigenvalue weighted by Crippen LogP contribution is -2.39. The average molecular weight is 345 g/mol. The molecule has 2 fully saturated rings. The van der Waals surface area contributed by atoms with E-state index in [-0.39, 0.29) is 18.0 Å². The first kappa shape index (κ1) is 15.8. The molecule has 0 spiro atoms. The third-order valence-electron chi connectivity index (χ3n) is 5.19. The van der Waals surface area contributed by atoms with Crippen molar-refractivity contribution in [2.75, 3.05) is 19.6 Å². The molecule has 128 valence electrons. The number of thiophene rings is 1. The van der Waals surface area contributed by atoms with Crippen molar-refractivity contribution in [3.8, 4) is 0 Å². The molecule has 2 aliphatic heterocycles. The van der Waals surface area contributed by atoms with Gasteiger partial charge in [0.1, 0.15) is 11.5 Å². The van der Waals surface area contributed by atoms with Crippen molar-refractivity contribution in [2.45, 2.75) is 44.7 Å². The van der Waals surface area contributed by atoms with E-state index in [1.54, 1.807) is 11.3 Å². The van der Waals surface area contributed by atoms with Gasteiger partial charge >= 0.3 is 0 Å². The largest absolute Gasteiger partial charge is 0.361 e. The van der Waals surface area contributed by atoms with Crippen molar-refractivity contribution in [1.29, 1.82) is 0 Å². The van der Waals surface area contributed by atoms with Gasteiger partial charge < -0.3 is 9.42 Å². The molecule has 4 rings (SSSR count). The molecule has 0 aliphatic carbocycles. The van der Waals surface area contributed by atoms with Gasteiger partial charge in [-0.2, -0.15) is 11.3 Å². The highest BCUT2D eigenvalue weighted by atomic mass is 32.1. The minimum Gasteiger partial charge on any atom is -0.361 e. The summed E-state index contributed by atoms with van der Waals surface area (Å²) in [4.78, 5) is 17.3. The van der Waals surface area contributed by atoms with Gasteiger partial charge in [0.05, 0.1) is 18.6 Å². The van der Waals surface area contributed by atoms with Gasteiger partial charge in [0.2, 0.25) is 5.91 Å². The van der Waals surface area contributed by atoms with Crippen LogP contribution in [0.3, 0.4) is 0 Å². The molecular formula is C18H23N3O2S. The minimum atomic E-state index is 0.216. The van der Waals surface area contributed by atoms with Gasteiger partial charge in [-0.05, 0) is 61.5 Å². The Balaban J connectivity index is 1.45. The maximum Gasteiger partial charge on any atom is 0.237 e. The Kier molecular flexibility index (Phi) is 4.41. The summed E-state index contributed by atoms with van der Waals surface area (Å²) in [6.45, 7) is 4.23. The van der Waals surface area contributed by atoms with E-state index in [1.165, 1.54) is 5.56 Å². The summed E-state index contributed by atoms with van der Waals surface area (Å²) in [5, 5.41) is 8.44. The second kappa shape index (κ2) is 6.69. The van der Waals surface area contributed by atoms with Crippen LogP contribution in [0.5, 0.6) is 0 Å².